The molecule has 0 bridgehead atoms. The number of aliphatic hydroxyl groups excluding tert-OH is 1. The molecule has 5 heteroatoms. The third-order valence-corrected chi connectivity index (χ3v) is 4.36. The average molecular weight is 266 g/mol. The van der Waals surface area contributed by atoms with Crippen LogP contribution in [0.1, 0.15) is 24.9 Å². The van der Waals surface area contributed by atoms with E-state index in [0.717, 1.165) is 22.6 Å². The van der Waals surface area contributed by atoms with Crippen molar-refractivity contribution >= 4 is 23.4 Å². The van der Waals surface area contributed by atoms with Crippen LogP contribution in [0, 0.1) is 5.92 Å². The van der Waals surface area contributed by atoms with Gasteiger partial charge in [0.25, 0.3) is 0 Å². The number of fused-ring (bicyclic) bond motifs is 1. The fourth-order valence-electron chi connectivity index (χ4n) is 2.08. The Morgan fingerprint density at radius 3 is 3.00 bits per heavy atom. The van der Waals surface area contributed by atoms with E-state index in [0.29, 0.717) is 5.75 Å². The summed E-state index contributed by atoms with van der Waals surface area (Å²) < 4.78 is 0. The molecule has 1 amide bonds. The van der Waals surface area contributed by atoms with Crippen molar-refractivity contribution in [1.82, 2.24) is 0 Å². The molecule has 2 atom stereocenters. The van der Waals surface area contributed by atoms with Crippen LogP contribution in [0.15, 0.2) is 23.1 Å². The molecule has 0 fully saturated rings. The average Bonchev–Trinajstić information content (AvgIpc) is 2.39. The van der Waals surface area contributed by atoms with E-state index in [-0.39, 0.29) is 24.5 Å². The molecule has 1 aliphatic rings. The van der Waals surface area contributed by atoms with Crippen LogP contribution in [0.3, 0.4) is 0 Å². The van der Waals surface area contributed by atoms with Gasteiger partial charge in [0.05, 0.1) is 11.4 Å². The van der Waals surface area contributed by atoms with E-state index in [9.17, 15) is 9.90 Å². The van der Waals surface area contributed by atoms with Crippen molar-refractivity contribution in [1.29, 1.82) is 0 Å². The molecule has 4 N–H and O–H groups in total. The van der Waals surface area contributed by atoms with Crippen LogP contribution >= 0.6 is 11.8 Å². The van der Waals surface area contributed by atoms with Crippen LogP contribution in [-0.4, -0.2) is 23.4 Å². The van der Waals surface area contributed by atoms with Crippen molar-refractivity contribution in [2.75, 3.05) is 17.7 Å². The number of nitrogens with two attached hydrogens (primary N) is 1. The number of thioether (sulfide) groups is 1. The lowest BCUT2D eigenvalue weighted by molar-refractivity contribution is -0.113. The molecule has 0 spiro atoms. The summed E-state index contributed by atoms with van der Waals surface area (Å²) in [6.45, 7) is 2.09. The predicted octanol–water partition coefficient (Wildman–Crippen LogP) is 1.75. The minimum Gasteiger partial charge on any atom is -0.396 e. The van der Waals surface area contributed by atoms with Crippen molar-refractivity contribution in [3.63, 3.8) is 0 Å². The number of hydrogen-bond donors (Lipinski definition) is 3. The Bertz CT molecular complexity index is 447. The first-order valence-corrected chi connectivity index (χ1v) is 7.07. The van der Waals surface area contributed by atoms with E-state index in [1.807, 2.05) is 25.1 Å². The summed E-state index contributed by atoms with van der Waals surface area (Å²) >= 11 is 1.53. The third-order valence-electron chi connectivity index (χ3n) is 3.29. The fourth-order valence-corrected chi connectivity index (χ4v) is 2.87. The Morgan fingerprint density at radius 1 is 1.56 bits per heavy atom. The van der Waals surface area contributed by atoms with Gasteiger partial charge in [-0.05, 0) is 24.1 Å². The summed E-state index contributed by atoms with van der Waals surface area (Å²) in [4.78, 5) is 12.4. The zero-order chi connectivity index (χ0) is 13.1. The molecule has 0 aliphatic carbocycles. The van der Waals surface area contributed by atoms with Gasteiger partial charge in [-0.3, -0.25) is 4.79 Å². The molecule has 2 rings (SSSR count). The first-order valence-electron chi connectivity index (χ1n) is 6.08. The summed E-state index contributed by atoms with van der Waals surface area (Å²) in [6.07, 6.45) is 0.829. The van der Waals surface area contributed by atoms with E-state index in [1.165, 1.54) is 11.8 Å². The second-order valence-electron chi connectivity index (χ2n) is 4.47. The highest BCUT2D eigenvalue weighted by Crippen LogP contribution is 2.34. The van der Waals surface area contributed by atoms with Crippen LogP contribution < -0.4 is 11.1 Å². The molecule has 1 heterocycles. The topological polar surface area (TPSA) is 75.3 Å². The van der Waals surface area contributed by atoms with Gasteiger partial charge >= 0.3 is 0 Å². The number of rotatable bonds is 4. The minimum atomic E-state index is -0.200. The molecule has 2 unspecified atom stereocenters. The number of nitrogens with one attached hydrogen (secondary N) is 1. The normalized spacial score (nSPS) is 17.8. The Labute approximate surface area is 111 Å². The number of carbonyl (C=O) groups excluding carboxylic acids is 1. The summed E-state index contributed by atoms with van der Waals surface area (Å²) in [5.41, 5.74) is 7.94. The Hall–Kier alpha value is -1.04. The van der Waals surface area contributed by atoms with E-state index in [2.05, 4.69) is 5.32 Å². The number of benzene rings is 1. The van der Waals surface area contributed by atoms with Crippen molar-refractivity contribution in [3.05, 3.63) is 23.8 Å². The summed E-state index contributed by atoms with van der Waals surface area (Å²) in [5.74, 6) is 0.537. The highest BCUT2D eigenvalue weighted by Gasteiger charge is 2.20. The number of amides is 1. The van der Waals surface area contributed by atoms with Gasteiger partial charge in [-0.15, -0.1) is 11.8 Å². The fraction of sp³-hybridized carbons (Fsp3) is 0.462. The summed E-state index contributed by atoms with van der Waals surface area (Å²) in [5, 5.41) is 12.1. The molecule has 0 saturated heterocycles. The lowest BCUT2D eigenvalue weighted by atomic mass is 9.92. The van der Waals surface area contributed by atoms with Crippen molar-refractivity contribution in [2.45, 2.75) is 24.3 Å². The van der Waals surface area contributed by atoms with Crippen LogP contribution in [-0.2, 0) is 4.79 Å². The van der Waals surface area contributed by atoms with Gasteiger partial charge in [0.15, 0.2) is 0 Å². The number of carbonyl (C=O) groups is 1. The minimum absolute atomic E-state index is 0.0208. The second-order valence-corrected chi connectivity index (χ2v) is 5.49. The van der Waals surface area contributed by atoms with E-state index in [4.69, 9.17) is 5.73 Å². The largest absolute Gasteiger partial charge is 0.396 e. The maximum atomic E-state index is 11.3. The molecule has 18 heavy (non-hydrogen) atoms. The zero-order valence-corrected chi connectivity index (χ0v) is 11.2. The molecule has 1 aliphatic heterocycles. The number of anilines is 1. The smallest absolute Gasteiger partial charge is 0.234 e. The first kappa shape index (κ1) is 13.4. The standard InChI is InChI=1S/C13H18N2O2S/c1-2-8(6-16)13(14)9-3-4-11-10(5-9)15-12(17)7-18-11/h3-5,8,13,16H,2,6-7,14H2,1H3,(H,15,17). The van der Waals surface area contributed by atoms with Gasteiger partial charge in [-0.25, -0.2) is 0 Å². The molecule has 1 aromatic carbocycles. The van der Waals surface area contributed by atoms with Crippen molar-refractivity contribution in [3.8, 4) is 0 Å². The van der Waals surface area contributed by atoms with Crippen molar-refractivity contribution < 1.29 is 9.90 Å². The van der Waals surface area contributed by atoms with Gasteiger partial charge in [0, 0.05) is 23.5 Å². The molecule has 0 saturated carbocycles. The SMILES string of the molecule is CCC(CO)C(N)c1ccc2c(c1)NC(=O)CS2. The van der Waals surface area contributed by atoms with Gasteiger partial charge < -0.3 is 16.2 Å². The highest BCUT2D eigenvalue weighted by atomic mass is 32.2. The lowest BCUT2D eigenvalue weighted by Gasteiger charge is -2.23. The summed E-state index contributed by atoms with van der Waals surface area (Å²) in [6, 6.07) is 5.68. The van der Waals surface area contributed by atoms with E-state index < -0.39 is 0 Å². The highest BCUT2D eigenvalue weighted by molar-refractivity contribution is 8.00. The molecule has 0 radical (unpaired) electrons. The van der Waals surface area contributed by atoms with Crippen LogP contribution in [0.25, 0.3) is 0 Å². The van der Waals surface area contributed by atoms with Crippen LogP contribution in [0.5, 0.6) is 0 Å². The monoisotopic (exact) mass is 266 g/mol. The quantitative estimate of drug-likeness (QED) is 0.776. The lowest BCUT2D eigenvalue weighted by Crippen LogP contribution is -2.24. The summed E-state index contributed by atoms with van der Waals surface area (Å²) in [7, 11) is 0. The van der Waals surface area contributed by atoms with Crippen LogP contribution in [0.2, 0.25) is 0 Å². The molecule has 4 nitrogen and oxygen atoms in total. The number of aliphatic hydroxyl groups is 1. The predicted molar refractivity (Wildman–Crippen MR) is 73.6 cm³/mol. The zero-order valence-electron chi connectivity index (χ0n) is 10.3. The molecule has 98 valence electrons. The molecule has 1 aromatic rings. The first-order chi connectivity index (χ1) is 8.65. The maximum absolute atomic E-state index is 11.3. The molecule has 0 aromatic heterocycles. The Morgan fingerprint density at radius 2 is 2.33 bits per heavy atom. The molecular formula is C13H18N2O2S. The Kier molecular flexibility index (Phi) is 4.27. The van der Waals surface area contributed by atoms with E-state index >= 15 is 0 Å². The van der Waals surface area contributed by atoms with Crippen molar-refractivity contribution in [2.24, 2.45) is 11.7 Å². The second kappa shape index (κ2) is 5.73. The Balaban J connectivity index is 2.25. The molecular weight excluding hydrogens is 248 g/mol. The van der Waals surface area contributed by atoms with Gasteiger partial charge in [0.1, 0.15) is 0 Å². The van der Waals surface area contributed by atoms with E-state index in [1.54, 1.807) is 0 Å². The number of hydrogen-bond acceptors (Lipinski definition) is 4. The van der Waals surface area contributed by atoms with Gasteiger partial charge in [0.2, 0.25) is 5.91 Å². The maximum Gasteiger partial charge on any atom is 0.234 e. The van der Waals surface area contributed by atoms with Gasteiger partial charge in [-0.2, -0.15) is 0 Å². The van der Waals surface area contributed by atoms with Gasteiger partial charge in [-0.1, -0.05) is 13.0 Å². The third kappa shape index (κ3) is 2.68. The van der Waals surface area contributed by atoms with Crippen LogP contribution in [0.4, 0.5) is 5.69 Å².